The van der Waals surface area contributed by atoms with Gasteiger partial charge >= 0.3 is 0 Å². The molecule has 2 aliphatic heterocycles. The van der Waals surface area contributed by atoms with Crippen LogP contribution in [0.25, 0.3) is 0 Å². The molecular weight excluding hydrogens is 320 g/mol. The average molecular weight is 342 g/mol. The predicted octanol–water partition coefficient (Wildman–Crippen LogP) is 0.0285. The molecule has 3 aliphatic rings. The first-order valence-corrected chi connectivity index (χ1v) is 8.72. The highest BCUT2D eigenvalue weighted by Crippen LogP contribution is 2.32. The summed E-state index contributed by atoms with van der Waals surface area (Å²) in [4.78, 5) is 37.8. The van der Waals surface area contributed by atoms with Gasteiger partial charge in [-0.05, 0) is 36.5 Å². The molecule has 2 fully saturated rings. The van der Waals surface area contributed by atoms with E-state index in [4.69, 9.17) is 5.73 Å². The molecule has 1 atom stereocenters. The van der Waals surface area contributed by atoms with Gasteiger partial charge in [-0.15, -0.1) is 0 Å². The van der Waals surface area contributed by atoms with Gasteiger partial charge in [0.2, 0.25) is 11.8 Å². The summed E-state index contributed by atoms with van der Waals surface area (Å²) in [6.07, 6.45) is 2.75. The second-order valence-electron chi connectivity index (χ2n) is 7.31. The summed E-state index contributed by atoms with van der Waals surface area (Å²) in [5, 5.41) is 5.71. The number of rotatable bonds is 5. The Hall–Kier alpha value is -2.25. The molecule has 132 valence electrons. The quantitative estimate of drug-likeness (QED) is 0.655. The lowest BCUT2D eigenvalue weighted by molar-refractivity contribution is -0.136. The molecule has 4 N–H and O–H groups in total. The van der Waals surface area contributed by atoms with E-state index in [0.29, 0.717) is 25.1 Å². The maximum absolute atomic E-state index is 12.7. The topological polar surface area (TPSA) is 105 Å². The Balaban J connectivity index is 1.49. The van der Waals surface area contributed by atoms with Crippen LogP contribution in [-0.2, 0) is 22.7 Å². The van der Waals surface area contributed by atoms with E-state index >= 15 is 0 Å². The van der Waals surface area contributed by atoms with Crippen LogP contribution in [0.4, 0.5) is 0 Å². The lowest BCUT2D eigenvalue weighted by Crippen LogP contribution is -2.52. The van der Waals surface area contributed by atoms with Gasteiger partial charge in [0.1, 0.15) is 6.04 Å². The first kappa shape index (κ1) is 16.2. The van der Waals surface area contributed by atoms with Crippen molar-refractivity contribution < 1.29 is 14.4 Å². The Kier molecular flexibility index (Phi) is 3.85. The number of carbonyl (C=O) groups excluding carboxylic acids is 3. The fraction of sp³-hybridized carbons (Fsp3) is 0.500. The number of fused-ring (bicyclic) bond motifs is 1. The smallest absolute Gasteiger partial charge is 0.255 e. The fourth-order valence-electron chi connectivity index (χ4n) is 3.60. The summed E-state index contributed by atoms with van der Waals surface area (Å²) in [6.45, 7) is 1.83. The molecule has 1 saturated carbocycles. The van der Waals surface area contributed by atoms with Crippen LogP contribution in [0, 0.1) is 0 Å². The zero-order valence-electron chi connectivity index (χ0n) is 14.0. The van der Waals surface area contributed by atoms with Crippen LogP contribution in [0.5, 0.6) is 0 Å². The van der Waals surface area contributed by atoms with Crippen LogP contribution < -0.4 is 16.4 Å². The highest BCUT2D eigenvalue weighted by molar-refractivity contribution is 6.05. The maximum Gasteiger partial charge on any atom is 0.255 e. The molecule has 0 aromatic heterocycles. The summed E-state index contributed by atoms with van der Waals surface area (Å²) in [5.41, 5.74) is 8.71. The monoisotopic (exact) mass is 342 g/mol. The number of nitrogens with zero attached hydrogens (tertiary/aromatic N) is 1. The van der Waals surface area contributed by atoms with E-state index in [2.05, 4.69) is 10.6 Å². The fourth-order valence-corrected chi connectivity index (χ4v) is 3.60. The third-order valence-electron chi connectivity index (χ3n) is 5.36. The summed E-state index contributed by atoms with van der Waals surface area (Å²) in [7, 11) is 0. The standard InChI is InChI=1S/C18H22N4O3/c19-18(6-7-18)10-20-8-11-2-1-3-12-13(11)9-22(17(12)25)14-4-5-15(23)21-16(14)24/h1-3,14,20H,4-10,19H2,(H,21,23,24). The molecule has 7 heteroatoms. The van der Waals surface area contributed by atoms with E-state index < -0.39 is 6.04 Å². The minimum atomic E-state index is -0.572. The highest BCUT2D eigenvalue weighted by atomic mass is 16.2. The molecule has 7 nitrogen and oxygen atoms in total. The lowest BCUT2D eigenvalue weighted by atomic mass is 10.0. The molecule has 1 unspecified atom stereocenters. The van der Waals surface area contributed by atoms with Gasteiger partial charge in [-0.1, -0.05) is 12.1 Å². The van der Waals surface area contributed by atoms with E-state index in [1.54, 1.807) is 11.0 Å². The van der Waals surface area contributed by atoms with Crippen molar-refractivity contribution in [2.24, 2.45) is 5.73 Å². The minimum absolute atomic E-state index is 0.0630. The van der Waals surface area contributed by atoms with Gasteiger partial charge in [-0.25, -0.2) is 0 Å². The number of amides is 3. The van der Waals surface area contributed by atoms with Gasteiger partial charge < -0.3 is 16.0 Å². The molecule has 2 heterocycles. The minimum Gasteiger partial charge on any atom is -0.324 e. The van der Waals surface area contributed by atoms with Crippen LogP contribution in [0.2, 0.25) is 0 Å². The van der Waals surface area contributed by atoms with Crippen molar-refractivity contribution in [3.05, 3.63) is 34.9 Å². The zero-order chi connectivity index (χ0) is 17.6. The molecule has 0 spiro atoms. The molecule has 0 bridgehead atoms. The number of piperidine rings is 1. The van der Waals surface area contributed by atoms with E-state index in [-0.39, 0.29) is 29.7 Å². The second-order valence-corrected chi connectivity index (χ2v) is 7.31. The van der Waals surface area contributed by atoms with Crippen molar-refractivity contribution in [1.29, 1.82) is 0 Å². The summed E-state index contributed by atoms with van der Waals surface area (Å²) in [5.74, 6) is -0.786. The molecule has 4 rings (SSSR count). The zero-order valence-corrected chi connectivity index (χ0v) is 14.0. The Bertz CT molecular complexity index is 757. The van der Waals surface area contributed by atoms with Crippen LogP contribution >= 0.6 is 0 Å². The van der Waals surface area contributed by atoms with Crippen molar-refractivity contribution in [1.82, 2.24) is 15.5 Å². The maximum atomic E-state index is 12.7. The van der Waals surface area contributed by atoms with Crippen molar-refractivity contribution >= 4 is 17.7 Å². The van der Waals surface area contributed by atoms with E-state index in [0.717, 1.165) is 30.5 Å². The van der Waals surface area contributed by atoms with Crippen molar-refractivity contribution in [2.75, 3.05) is 6.54 Å². The van der Waals surface area contributed by atoms with Crippen LogP contribution in [0.3, 0.4) is 0 Å². The van der Waals surface area contributed by atoms with Crippen LogP contribution in [-0.4, -0.2) is 40.7 Å². The normalized spacial score (nSPS) is 24.3. The molecular formula is C18H22N4O3. The molecule has 0 radical (unpaired) electrons. The first-order valence-electron chi connectivity index (χ1n) is 8.72. The third-order valence-corrected chi connectivity index (χ3v) is 5.36. The van der Waals surface area contributed by atoms with Gasteiger partial charge in [0, 0.05) is 37.2 Å². The second kappa shape index (κ2) is 5.93. The number of hydrogen-bond donors (Lipinski definition) is 3. The van der Waals surface area contributed by atoms with E-state index in [9.17, 15) is 14.4 Å². The largest absolute Gasteiger partial charge is 0.324 e. The Morgan fingerprint density at radius 1 is 1.28 bits per heavy atom. The average Bonchev–Trinajstić information content (AvgIpc) is 3.21. The Morgan fingerprint density at radius 3 is 2.80 bits per heavy atom. The van der Waals surface area contributed by atoms with Gasteiger partial charge in [0.25, 0.3) is 5.91 Å². The Labute approximate surface area is 145 Å². The summed E-state index contributed by atoms with van der Waals surface area (Å²) >= 11 is 0. The SMILES string of the molecule is NC1(CNCc2cccc3c2CN(C2CCC(=O)NC2=O)C3=O)CC1. The molecule has 3 amide bonds. The number of benzene rings is 1. The number of hydrogen-bond acceptors (Lipinski definition) is 5. The van der Waals surface area contributed by atoms with Crippen molar-refractivity contribution in [3.63, 3.8) is 0 Å². The molecule has 25 heavy (non-hydrogen) atoms. The number of carbonyl (C=O) groups is 3. The van der Waals surface area contributed by atoms with Crippen molar-refractivity contribution in [3.8, 4) is 0 Å². The number of nitrogens with two attached hydrogens (primary N) is 1. The number of imide groups is 1. The molecule has 1 aromatic carbocycles. The summed E-state index contributed by atoms with van der Waals surface area (Å²) in [6, 6.07) is 5.11. The van der Waals surface area contributed by atoms with Crippen LogP contribution in [0.15, 0.2) is 18.2 Å². The van der Waals surface area contributed by atoms with Gasteiger partial charge in [-0.3, -0.25) is 19.7 Å². The molecule has 1 aromatic rings. The lowest BCUT2D eigenvalue weighted by Gasteiger charge is -2.29. The van der Waals surface area contributed by atoms with E-state index in [1.807, 2.05) is 12.1 Å². The Morgan fingerprint density at radius 2 is 2.08 bits per heavy atom. The predicted molar refractivity (Wildman–Crippen MR) is 90.3 cm³/mol. The van der Waals surface area contributed by atoms with Crippen LogP contribution in [0.1, 0.15) is 47.2 Å². The van der Waals surface area contributed by atoms with Crippen molar-refractivity contribution in [2.45, 2.75) is 50.4 Å². The number of nitrogens with one attached hydrogen (secondary N) is 2. The summed E-state index contributed by atoms with van der Waals surface area (Å²) < 4.78 is 0. The van der Waals surface area contributed by atoms with Gasteiger partial charge in [0.05, 0.1) is 0 Å². The molecule has 1 saturated heterocycles. The third kappa shape index (κ3) is 3.05. The van der Waals surface area contributed by atoms with Gasteiger partial charge in [0.15, 0.2) is 0 Å². The molecule has 1 aliphatic carbocycles. The van der Waals surface area contributed by atoms with Gasteiger partial charge in [-0.2, -0.15) is 0 Å². The van der Waals surface area contributed by atoms with E-state index in [1.165, 1.54) is 0 Å². The highest BCUT2D eigenvalue weighted by Gasteiger charge is 2.40. The first-order chi connectivity index (χ1) is 12.0.